The van der Waals surface area contributed by atoms with Crippen molar-refractivity contribution in [3.05, 3.63) is 83.4 Å². The average molecular weight is 454 g/mol. The molecule has 2 heterocycles. The zero-order valence-corrected chi connectivity index (χ0v) is 19.7. The number of piperidine rings is 1. The number of benzene rings is 3. The lowest BCUT2D eigenvalue weighted by Crippen LogP contribution is -2.58. The number of likely N-dealkylation sites (N-methyl/N-ethyl adjacent to an activating group) is 1. The van der Waals surface area contributed by atoms with Crippen LogP contribution in [0.4, 0.5) is 4.79 Å². The second-order valence-electron chi connectivity index (χ2n) is 9.95. The lowest BCUT2D eigenvalue weighted by atomic mass is 9.85. The van der Waals surface area contributed by atoms with Gasteiger partial charge in [0.15, 0.2) is 0 Å². The third kappa shape index (κ3) is 3.25. The Balaban J connectivity index is 1.22. The molecule has 0 aromatic heterocycles. The Morgan fingerprint density at radius 3 is 2.21 bits per heavy atom. The van der Waals surface area contributed by atoms with E-state index in [1.165, 1.54) is 16.0 Å². The highest BCUT2D eigenvalue weighted by atomic mass is 16.2. The van der Waals surface area contributed by atoms with Crippen LogP contribution in [-0.4, -0.2) is 57.9 Å². The van der Waals surface area contributed by atoms with Gasteiger partial charge in [-0.15, -0.1) is 0 Å². The molecule has 3 amide bonds. The van der Waals surface area contributed by atoms with Crippen molar-refractivity contribution in [2.45, 2.75) is 50.7 Å². The molecule has 2 fully saturated rings. The van der Waals surface area contributed by atoms with Gasteiger partial charge in [0.2, 0.25) is 0 Å². The summed E-state index contributed by atoms with van der Waals surface area (Å²) in [5.41, 5.74) is 3.24. The third-order valence-electron chi connectivity index (χ3n) is 8.32. The topological polar surface area (TPSA) is 43.9 Å². The van der Waals surface area contributed by atoms with Gasteiger partial charge in [0, 0.05) is 25.7 Å². The summed E-state index contributed by atoms with van der Waals surface area (Å²) in [6.07, 6.45) is 3.59. The van der Waals surface area contributed by atoms with Gasteiger partial charge in [-0.3, -0.25) is 14.6 Å². The maximum Gasteiger partial charge on any atom is 0.327 e. The molecule has 0 N–H and O–H groups in total. The largest absolute Gasteiger partial charge is 0.327 e. The fraction of sp³-hybridized carbons (Fsp3) is 0.379. The van der Waals surface area contributed by atoms with Gasteiger partial charge in [-0.1, -0.05) is 66.7 Å². The highest BCUT2D eigenvalue weighted by Crippen LogP contribution is 2.39. The smallest absolute Gasteiger partial charge is 0.310 e. The molecule has 0 saturated carbocycles. The summed E-state index contributed by atoms with van der Waals surface area (Å²) in [6.45, 7) is 4.60. The molecule has 2 saturated heterocycles. The first-order valence-corrected chi connectivity index (χ1v) is 12.5. The quantitative estimate of drug-likeness (QED) is 0.541. The van der Waals surface area contributed by atoms with Crippen molar-refractivity contribution in [3.63, 3.8) is 0 Å². The van der Waals surface area contributed by atoms with Crippen molar-refractivity contribution in [2.75, 3.05) is 19.6 Å². The Kier molecular flexibility index (Phi) is 5.18. The van der Waals surface area contributed by atoms with Crippen molar-refractivity contribution in [1.82, 2.24) is 14.7 Å². The van der Waals surface area contributed by atoms with Gasteiger partial charge in [0.05, 0.1) is 6.54 Å². The molecule has 0 radical (unpaired) electrons. The van der Waals surface area contributed by atoms with Gasteiger partial charge in [0.1, 0.15) is 5.54 Å². The van der Waals surface area contributed by atoms with Crippen molar-refractivity contribution in [2.24, 2.45) is 0 Å². The van der Waals surface area contributed by atoms with E-state index in [0.717, 1.165) is 42.3 Å². The molecule has 5 heteroatoms. The second-order valence-corrected chi connectivity index (χ2v) is 9.95. The molecule has 2 aliphatic heterocycles. The van der Waals surface area contributed by atoms with E-state index in [4.69, 9.17) is 0 Å². The zero-order valence-electron chi connectivity index (χ0n) is 19.7. The number of carbonyl (C=O) groups excluding carboxylic acids is 2. The minimum absolute atomic E-state index is 0.0124. The maximum atomic E-state index is 13.9. The molecule has 6 rings (SSSR count). The fourth-order valence-corrected chi connectivity index (χ4v) is 6.50. The number of likely N-dealkylation sites (tertiary alicyclic amines) is 1. The van der Waals surface area contributed by atoms with Crippen LogP contribution in [0.1, 0.15) is 36.5 Å². The number of nitrogens with zero attached hydrogens (tertiary/aromatic N) is 3. The van der Waals surface area contributed by atoms with Crippen LogP contribution in [0.2, 0.25) is 0 Å². The van der Waals surface area contributed by atoms with E-state index in [2.05, 4.69) is 47.4 Å². The van der Waals surface area contributed by atoms with Crippen LogP contribution in [-0.2, 0) is 24.2 Å². The van der Waals surface area contributed by atoms with Gasteiger partial charge in [-0.25, -0.2) is 4.79 Å². The predicted molar refractivity (Wildman–Crippen MR) is 133 cm³/mol. The van der Waals surface area contributed by atoms with Crippen molar-refractivity contribution in [3.8, 4) is 0 Å². The van der Waals surface area contributed by atoms with Crippen LogP contribution in [0.5, 0.6) is 0 Å². The molecule has 34 heavy (non-hydrogen) atoms. The molecule has 1 spiro atoms. The van der Waals surface area contributed by atoms with E-state index in [1.807, 2.05) is 36.1 Å². The first-order chi connectivity index (χ1) is 16.6. The van der Waals surface area contributed by atoms with Crippen molar-refractivity contribution >= 4 is 22.7 Å². The molecular formula is C29H31N3O2. The highest BCUT2D eigenvalue weighted by Gasteiger charge is 2.57. The van der Waals surface area contributed by atoms with Gasteiger partial charge < -0.3 is 4.90 Å². The number of carbonyl (C=O) groups is 2. The first-order valence-electron chi connectivity index (χ1n) is 12.5. The standard InChI is InChI=1S/C29H31N3O2/c1-2-32-28(34)31(20-24-12-7-11-21-8-5-6-13-26(21)24)27(33)29(32)14-16-30(17-15-29)25-18-22-9-3-4-10-23(22)19-25/h3-13,25H,2,14-20H2,1H3. The van der Waals surface area contributed by atoms with E-state index in [-0.39, 0.29) is 11.9 Å². The summed E-state index contributed by atoms with van der Waals surface area (Å²) < 4.78 is 0. The van der Waals surface area contributed by atoms with Gasteiger partial charge in [0.25, 0.3) is 5.91 Å². The lowest BCUT2D eigenvalue weighted by molar-refractivity contribution is -0.136. The Labute approximate surface area is 200 Å². The summed E-state index contributed by atoms with van der Waals surface area (Å²) in [6, 6.07) is 23.4. The fourth-order valence-electron chi connectivity index (χ4n) is 6.50. The van der Waals surface area contributed by atoms with E-state index in [1.54, 1.807) is 0 Å². The molecule has 3 aromatic rings. The Bertz CT molecular complexity index is 1230. The molecular weight excluding hydrogens is 422 g/mol. The molecule has 5 nitrogen and oxygen atoms in total. The normalized spacial score (nSPS) is 20.6. The number of rotatable bonds is 4. The van der Waals surface area contributed by atoms with E-state index >= 15 is 0 Å². The second kappa shape index (κ2) is 8.24. The number of hydrogen-bond acceptors (Lipinski definition) is 3. The molecule has 1 aliphatic carbocycles. The number of imide groups is 1. The summed E-state index contributed by atoms with van der Waals surface area (Å²) in [4.78, 5) is 33.2. The molecule has 0 bridgehead atoms. The molecule has 0 unspecified atom stereocenters. The average Bonchev–Trinajstić information content (AvgIpc) is 3.38. The highest BCUT2D eigenvalue weighted by molar-refractivity contribution is 6.07. The summed E-state index contributed by atoms with van der Waals surface area (Å²) in [5, 5.41) is 2.23. The lowest BCUT2D eigenvalue weighted by Gasteiger charge is -2.43. The van der Waals surface area contributed by atoms with E-state index in [9.17, 15) is 9.59 Å². The van der Waals surface area contributed by atoms with Crippen LogP contribution in [0.3, 0.4) is 0 Å². The van der Waals surface area contributed by atoms with Crippen LogP contribution in [0.15, 0.2) is 66.7 Å². The number of fused-ring (bicyclic) bond motifs is 2. The van der Waals surface area contributed by atoms with Crippen molar-refractivity contribution in [1.29, 1.82) is 0 Å². The van der Waals surface area contributed by atoms with Crippen LogP contribution < -0.4 is 0 Å². The summed E-state index contributed by atoms with van der Waals surface area (Å²) in [7, 11) is 0. The van der Waals surface area contributed by atoms with E-state index in [0.29, 0.717) is 32.0 Å². The molecule has 174 valence electrons. The predicted octanol–water partition coefficient (Wildman–Crippen LogP) is 4.63. The third-order valence-corrected chi connectivity index (χ3v) is 8.32. The molecule has 3 aromatic carbocycles. The number of urea groups is 1. The minimum atomic E-state index is -0.696. The van der Waals surface area contributed by atoms with Crippen LogP contribution in [0, 0.1) is 0 Å². The molecule has 3 aliphatic rings. The van der Waals surface area contributed by atoms with Crippen LogP contribution in [0.25, 0.3) is 10.8 Å². The van der Waals surface area contributed by atoms with Crippen LogP contribution >= 0.6 is 0 Å². The first kappa shape index (κ1) is 21.4. The number of hydrogen-bond donors (Lipinski definition) is 0. The Morgan fingerprint density at radius 1 is 0.853 bits per heavy atom. The van der Waals surface area contributed by atoms with Gasteiger partial charge in [-0.2, -0.15) is 0 Å². The van der Waals surface area contributed by atoms with E-state index < -0.39 is 5.54 Å². The number of amides is 3. The van der Waals surface area contributed by atoms with Crippen molar-refractivity contribution < 1.29 is 9.59 Å². The summed E-state index contributed by atoms with van der Waals surface area (Å²) >= 11 is 0. The monoisotopic (exact) mass is 453 g/mol. The maximum absolute atomic E-state index is 13.9. The van der Waals surface area contributed by atoms with Gasteiger partial charge in [-0.05, 0) is 60.1 Å². The SMILES string of the molecule is CCN1C(=O)N(Cc2cccc3ccccc23)C(=O)C12CCN(C1Cc3ccccc3C1)CC2. The minimum Gasteiger partial charge on any atom is -0.310 e. The van der Waals surface area contributed by atoms with Gasteiger partial charge >= 0.3 is 6.03 Å². The molecule has 0 atom stereocenters. The Hall–Kier alpha value is -3.18. The summed E-state index contributed by atoms with van der Waals surface area (Å²) in [5.74, 6) is -0.0124. The Morgan fingerprint density at radius 2 is 1.50 bits per heavy atom. The zero-order chi connectivity index (χ0) is 23.3.